The van der Waals surface area contributed by atoms with Crippen molar-refractivity contribution in [3.63, 3.8) is 0 Å². The van der Waals surface area contributed by atoms with E-state index in [0.717, 1.165) is 4.47 Å². The molecule has 0 radical (unpaired) electrons. The van der Waals surface area contributed by atoms with E-state index in [1.54, 1.807) is 42.5 Å². The van der Waals surface area contributed by atoms with Crippen LogP contribution in [-0.2, 0) is 26.9 Å². The first-order chi connectivity index (χ1) is 12.3. The minimum Gasteiger partial charge on any atom is -0.334 e. The molecule has 0 fully saturated rings. The second-order valence-electron chi connectivity index (χ2n) is 5.82. The molecule has 0 aliphatic rings. The van der Waals surface area contributed by atoms with Crippen LogP contribution in [0.5, 0.6) is 0 Å². The number of hydrogen-bond donors (Lipinski definition) is 0. The van der Waals surface area contributed by atoms with Gasteiger partial charge in [-0.3, -0.25) is 4.79 Å². The maximum atomic E-state index is 13.8. The number of amides is 1. The zero-order valence-electron chi connectivity index (χ0n) is 14.1. The SMILES string of the molecule is C=CCN(Cc1ccccc1F)C(=O)CS(=O)(=O)Cc1cccc(Br)c1. The van der Waals surface area contributed by atoms with Gasteiger partial charge in [0.1, 0.15) is 11.6 Å². The lowest BCUT2D eigenvalue weighted by atomic mass is 10.2. The van der Waals surface area contributed by atoms with Crippen molar-refractivity contribution < 1.29 is 17.6 Å². The Morgan fingerprint density at radius 3 is 2.58 bits per heavy atom. The van der Waals surface area contributed by atoms with Crippen molar-refractivity contribution in [2.45, 2.75) is 12.3 Å². The first-order valence-electron chi connectivity index (χ1n) is 7.87. The van der Waals surface area contributed by atoms with Crippen LogP contribution in [0.2, 0.25) is 0 Å². The Kier molecular flexibility index (Phi) is 7.11. The Morgan fingerprint density at radius 1 is 1.19 bits per heavy atom. The summed E-state index contributed by atoms with van der Waals surface area (Å²) in [4.78, 5) is 13.8. The zero-order valence-corrected chi connectivity index (χ0v) is 16.5. The van der Waals surface area contributed by atoms with Crippen LogP contribution in [0, 0.1) is 5.82 Å². The van der Waals surface area contributed by atoms with Crippen molar-refractivity contribution in [2.75, 3.05) is 12.3 Å². The summed E-state index contributed by atoms with van der Waals surface area (Å²) in [5.74, 6) is -1.89. The molecule has 7 heteroatoms. The van der Waals surface area contributed by atoms with Gasteiger partial charge in [0.15, 0.2) is 9.84 Å². The van der Waals surface area contributed by atoms with E-state index in [4.69, 9.17) is 0 Å². The Balaban J connectivity index is 2.10. The number of carbonyl (C=O) groups excluding carboxylic acids is 1. The van der Waals surface area contributed by atoms with E-state index < -0.39 is 27.3 Å². The maximum Gasteiger partial charge on any atom is 0.238 e. The van der Waals surface area contributed by atoms with Crippen molar-refractivity contribution in [3.05, 3.63) is 82.6 Å². The lowest BCUT2D eigenvalue weighted by Crippen LogP contribution is -2.36. The van der Waals surface area contributed by atoms with E-state index in [1.165, 1.54) is 17.0 Å². The number of sulfone groups is 1. The molecular weight excluding hydrogens is 421 g/mol. The van der Waals surface area contributed by atoms with Crippen LogP contribution >= 0.6 is 15.9 Å². The Bertz CT molecular complexity index is 899. The summed E-state index contributed by atoms with van der Waals surface area (Å²) in [6.07, 6.45) is 1.49. The van der Waals surface area contributed by atoms with Crippen LogP contribution in [0.4, 0.5) is 4.39 Å². The van der Waals surface area contributed by atoms with E-state index in [-0.39, 0.29) is 18.8 Å². The first-order valence-corrected chi connectivity index (χ1v) is 10.5. The molecule has 0 unspecified atom stereocenters. The van der Waals surface area contributed by atoms with Crippen LogP contribution in [0.1, 0.15) is 11.1 Å². The second-order valence-corrected chi connectivity index (χ2v) is 8.80. The second kappa shape index (κ2) is 9.09. The molecule has 4 nitrogen and oxygen atoms in total. The highest BCUT2D eigenvalue weighted by atomic mass is 79.9. The molecule has 1 amide bonds. The third-order valence-corrected chi connectivity index (χ3v) is 5.59. The maximum absolute atomic E-state index is 13.8. The molecule has 2 rings (SSSR count). The molecule has 2 aromatic rings. The van der Waals surface area contributed by atoms with Gasteiger partial charge in [-0.15, -0.1) is 6.58 Å². The first kappa shape index (κ1) is 20.3. The fourth-order valence-electron chi connectivity index (χ4n) is 2.45. The van der Waals surface area contributed by atoms with Crippen molar-refractivity contribution >= 4 is 31.7 Å². The highest BCUT2D eigenvalue weighted by Gasteiger charge is 2.22. The molecule has 0 bridgehead atoms. The average molecular weight is 440 g/mol. The molecule has 138 valence electrons. The highest BCUT2D eigenvalue weighted by molar-refractivity contribution is 9.10. The lowest BCUT2D eigenvalue weighted by Gasteiger charge is -2.21. The van der Waals surface area contributed by atoms with Gasteiger partial charge < -0.3 is 4.90 Å². The monoisotopic (exact) mass is 439 g/mol. The quantitative estimate of drug-likeness (QED) is 0.588. The third kappa shape index (κ3) is 6.07. The van der Waals surface area contributed by atoms with Crippen LogP contribution in [0.3, 0.4) is 0 Å². The summed E-state index contributed by atoms with van der Waals surface area (Å²) in [5.41, 5.74) is 0.920. The number of benzene rings is 2. The lowest BCUT2D eigenvalue weighted by molar-refractivity contribution is -0.128. The smallest absolute Gasteiger partial charge is 0.238 e. The van der Waals surface area contributed by atoms with Crippen molar-refractivity contribution in [2.24, 2.45) is 0 Å². The van der Waals surface area contributed by atoms with Gasteiger partial charge in [-0.25, -0.2) is 12.8 Å². The van der Waals surface area contributed by atoms with E-state index in [0.29, 0.717) is 11.1 Å². The van der Waals surface area contributed by atoms with Gasteiger partial charge in [0.25, 0.3) is 0 Å². The predicted octanol–water partition coefficient (Wildman–Crippen LogP) is 3.72. The topological polar surface area (TPSA) is 54.5 Å². The van der Waals surface area contributed by atoms with E-state index in [2.05, 4.69) is 22.5 Å². The zero-order chi connectivity index (χ0) is 19.2. The Hall–Kier alpha value is -1.99. The molecule has 26 heavy (non-hydrogen) atoms. The third-order valence-electron chi connectivity index (χ3n) is 3.64. The van der Waals surface area contributed by atoms with Crippen molar-refractivity contribution in [1.29, 1.82) is 0 Å². The summed E-state index contributed by atoms with van der Waals surface area (Å²) in [6, 6.07) is 13.0. The minimum atomic E-state index is -3.66. The molecule has 0 aliphatic heterocycles. The molecule has 0 N–H and O–H groups in total. The summed E-state index contributed by atoms with van der Waals surface area (Å²) in [6.45, 7) is 3.71. The standard InChI is InChI=1S/C19H19BrFNO3S/c1-2-10-22(12-16-7-3-4-9-18(16)21)19(23)14-26(24,25)13-15-6-5-8-17(20)11-15/h2-9,11H,1,10,12-14H2. The molecule has 0 aliphatic carbocycles. The number of rotatable bonds is 8. The van der Waals surface area contributed by atoms with Gasteiger partial charge in [0.05, 0.1) is 5.75 Å². The predicted molar refractivity (Wildman–Crippen MR) is 104 cm³/mol. The molecular formula is C19H19BrFNO3S. The van der Waals surface area contributed by atoms with E-state index >= 15 is 0 Å². The van der Waals surface area contributed by atoms with Gasteiger partial charge in [-0.05, 0) is 23.8 Å². The van der Waals surface area contributed by atoms with Gasteiger partial charge in [-0.1, -0.05) is 52.3 Å². The fraction of sp³-hybridized carbons (Fsp3) is 0.211. The number of nitrogens with zero attached hydrogens (tertiary/aromatic N) is 1. The van der Waals surface area contributed by atoms with Gasteiger partial charge in [0.2, 0.25) is 5.91 Å². The Morgan fingerprint density at radius 2 is 1.92 bits per heavy atom. The summed E-state index contributed by atoms with van der Waals surface area (Å²) in [5, 5.41) is 0. The largest absolute Gasteiger partial charge is 0.334 e. The van der Waals surface area contributed by atoms with Gasteiger partial charge in [-0.2, -0.15) is 0 Å². The van der Waals surface area contributed by atoms with Crippen LogP contribution in [-0.4, -0.2) is 31.5 Å². The van der Waals surface area contributed by atoms with Gasteiger partial charge >= 0.3 is 0 Å². The molecule has 0 saturated heterocycles. The average Bonchev–Trinajstić information content (AvgIpc) is 2.55. The van der Waals surface area contributed by atoms with Crippen LogP contribution in [0.25, 0.3) is 0 Å². The summed E-state index contributed by atoms with van der Waals surface area (Å²) in [7, 11) is -3.66. The summed E-state index contributed by atoms with van der Waals surface area (Å²) >= 11 is 3.29. The van der Waals surface area contributed by atoms with Crippen LogP contribution in [0.15, 0.2) is 65.7 Å². The highest BCUT2D eigenvalue weighted by Crippen LogP contribution is 2.15. The minimum absolute atomic E-state index is 0.00999. The number of hydrogen-bond acceptors (Lipinski definition) is 3. The van der Waals surface area contributed by atoms with Crippen LogP contribution < -0.4 is 0 Å². The molecule has 0 aromatic heterocycles. The number of carbonyl (C=O) groups is 1. The fourth-order valence-corrected chi connectivity index (χ4v) is 4.25. The normalized spacial score (nSPS) is 11.2. The van der Waals surface area contributed by atoms with E-state index in [1.807, 2.05) is 0 Å². The van der Waals surface area contributed by atoms with E-state index in [9.17, 15) is 17.6 Å². The molecule has 0 heterocycles. The van der Waals surface area contributed by atoms with Gasteiger partial charge in [0, 0.05) is 23.1 Å². The molecule has 0 spiro atoms. The van der Waals surface area contributed by atoms with Crippen molar-refractivity contribution in [3.8, 4) is 0 Å². The molecule has 2 aromatic carbocycles. The number of halogens is 2. The summed E-state index contributed by atoms with van der Waals surface area (Å²) < 4.78 is 39.4. The Labute approximate surface area is 161 Å². The van der Waals surface area contributed by atoms with Crippen molar-refractivity contribution in [1.82, 2.24) is 4.90 Å². The molecule has 0 saturated carbocycles. The molecule has 0 atom stereocenters.